The number of carbonyl (C=O) groups excluding carboxylic acids is 1. The maximum atomic E-state index is 12.4. The van der Waals surface area contributed by atoms with Gasteiger partial charge in [0.25, 0.3) is 6.43 Å². The van der Waals surface area contributed by atoms with Crippen LogP contribution in [0.4, 0.5) is 8.78 Å². The Bertz CT molecular complexity index is 407. The van der Waals surface area contributed by atoms with Crippen LogP contribution in [0.25, 0.3) is 0 Å². The molecule has 1 saturated heterocycles. The van der Waals surface area contributed by atoms with Gasteiger partial charge in [0.1, 0.15) is 11.3 Å². The zero-order valence-electron chi connectivity index (χ0n) is 7.89. The predicted molar refractivity (Wildman–Crippen MR) is 47.8 cm³/mol. The average Bonchev–Trinajstić information content (AvgIpc) is 2.22. The highest BCUT2D eigenvalue weighted by molar-refractivity contribution is 7.92. The molecule has 9 heteroatoms. The van der Waals surface area contributed by atoms with Crippen LogP contribution in [0.1, 0.15) is 6.42 Å². The zero-order valence-corrected chi connectivity index (χ0v) is 8.71. The van der Waals surface area contributed by atoms with Gasteiger partial charge in [-0.1, -0.05) is 0 Å². The summed E-state index contributed by atoms with van der Waals surface area (Å²) in [6, 6.07) is -1.67. The number of carbonyl (C=O) groups is 2. The van der Waals surface area contributed by atoms with Gasteiger partial charge in [-0.25, -0.2) is 22.0 Å². The molecule has 1 rings (SSSR count). The van der Waals surface area contributed by atoms with Crippen LogP contribution in [0.5, 0.6) is 0 Å². The second-order valence-electron chi connectivity index (χ2n) is 3.36. The summed E-state index contributed by atoms with van der Waals surface area (Å²) < 4.78 is 47.5. The number of carboxylic acid groups (broad SMARTS) is 1. The summed E-state index contributed by atoms with van der Waals surface area (Å²) >= 11 is 0. The molecule has 0 aromatic heterocycles. The van der Waals surface area contributed by atoms with Crippen LogP contribution in [0, 0.1) is 0 Å². The molecule has 0 bridgehead atoms. The van der Waals surface area contributed by atoms with Crippen LogP contribution < -0.4 is 5.32 Å². The molecule has 0 unspecified atom stereocenters. The Morgan fingerprint density at radius 2 is 2.06 bits per heavy atom. The SMILES string of the molecule is O=C1C[C@@H](C(F)F)S(=O)(=O)C[C@@H](C(=O)O)N1. The summed E-state index contributed by atoms with van der Waals surface area (Å²) in [7, 11) is -4.30. The molecular formula is C7H9F2NO5S. The van der Waals surface area contributed by atoms with Crippen LogP contribution in [0.15, 0.2) is 0 Å². The lowest BCUT2D eigenvalue weighted by Crippen LogP contribution is -2.42. The molecule has 2 atom stereocenters. The minimum Gasteiger partial charge on any atom is -0.480 e. The highest BCUT2D eigenvalue weighted by Gasteiger charge is 2.42. The van der Waals surface area contributed by atoms with Crippen LogP contribution in [0.3, 0.4) is 0 Å². The number of carboxylic acids is 1. The Hall–Kier alpha value is -1.25. The monoisotopic (exact) mass is 257 g/mol. The molecule has 6 nitrogen and oxygen atoms in total. The van der Waals surface area contributed by atoms with E-state index in [4.69, 9.17) is 5.11 Å². The van der Waals surface area contributed by atoms with Crippen LogP contribution in [-0.4, -0.2) is 48.9 Å². The molecule has 0 saturated carbocycles. The van der Waals surface area contributed by atoms with E-state index in [-0.39, 0.29) is 0 Å². The van der Waals surface area contributed by atoms with Gasteiger partial charge in [0.05, 0.1) is 5.75 Å². The molecule has 0 spiro atoms. The van der Waals surface area contributed by atoms with Crippen molar-refractivity contribution >= 4 is 21.7 Å². The minimum atomic E-state index is -4.30. The fourth-order valence-corrected chi connectivity index (χ4v) is 3.00. The lowest BCUT2D eigenvalue weighted by molar-refractivity contribution is -0.141. The Kier molecular flexibility index (Phi) is 3.46. The topological polar surface area (TPSA) is 101 Å². The van der Waals surface area contributed by atoms with E-state index in [9.17, 15) is 26.8 Å². The lowest BCUT2D eigenvalue weighted by atomic mass is 10.2. The highest BCUT2D eigenvalue weighted by atomic mass is 32.2. The summed E-state index contributed by atoms with van der Waals surface area (Å²) in [5, 5.41) is 8.31. The Morgan fingerprint density at radius 3 is 2.50 bits per heavy atom. The molecular weight excluding hydrogens is 248 g/mol. The highest BCUT2D eigenvalue weighted by Crippen LogP contribution is 2.19. The quantitative estimate of drug-likeness (QED) is 0.661. The fourth-order valence-electron chi connectivity index (χ4n) is 1.34. The maximum absolute atomic E-state index is 12.4. The number of hydrogen-bond acceptors (Lipinski definition) is 4. The summed E-state index contributed by atoms with van der Waals surface area (Å²) in [5.41, 5.74) is 0. The van der Waals surface area contributed by atoms with Crippen molar-refractivity contribution in [3.63, 3.8) is 0 Å². The largest absolute Gasteiger partial charge is 0.480 e. The van der Waals surface area contributed by atoms with Crippen molar-refractivity contribution in [2.24, 2.45) is 0 Å². The molecule has 0 aliphatic carbocycles. The number of amides is 1. The number of halogens is 2. The van der Waals surface area contributed by atoms with Gasteiger partial charge < -0.3 is 10.4 Å². The first-order chi connectivity index (χ1) is 7.24. The first-order valence-corrected chi connectivity index (χ1v) is 5.97. The second kappa shape index (κ2) is 4.32. The molecule has 1 fully saturated rings. The van der Waals surface area contributed by atoms with Crippen molar-refractivity contribution in [2.75, 3.05) is 5.75 Å². The molecule has 0 aromatic carbocycles. The first-order valence-electron chi connectivity index (χ1n) is 4.26. The molecule has 92 valence electrons. The van der Waals surface area contributed by atoms with Gasteiger partial charge in [0.2, 0.25) is 5.91 Å². The van der Waals surface area contributed by atoms with E-state index >= 15 is 0 Å². The van der Waals surface area contributed by atoms with Gasteiger partial charge in [-0.15, -0.1) is 0 Å². The van der Waals surface area contributed by atoms with Crippen LogP contribution in [0.2, 0.25) is 0 Å². The fraction of sp³-hybridized carbons (Fsp3) is 0.714. The molecule has 0 radical (unpaired) electrons. The number of alkyl halides is 2. The van der Waals surface area contributed by atoms with Gasteiger partial charge in [-0.05, 0) is 0 Å². The normalized spacial score (nSPS) is 29.6. The van der Waals surface area contributed by atoms with Crippen molar-refractivity contribution in [1.82, 2.24) is 5.32 Å². The standard InChI is InChI=1S/C7H9F2NO5S/c8-6(9)4-1-5(11)10-3(7(12)13)2-16(4,14)15/h3-4,6H,1-2H2,(H,10,11)(H,12,13)/t3-,4-/m0/s1. The van der Waals surface area contributed by atoms with Gasteiger partial charge >= 0.3 is 5.97 Å². The summed E-state index contributed by atoms with van der Waals surface area (Å²) in [6.45, 7) is 0. The Balaban J connectivity index is 3.05. The summed E-state index contributed by atoms with van der Waals surface area (Å²) in [6.07, 6.45) is -4.12. The smallest absolute Gasteiger partial charge is 0.327 e. The summed E-state index contributed by atoms with van der Waals surface area (Å²) in [4.78, 5) is 21.6. The molecule has 2 N–H and O–H groups in total. The van der Waals surface area contributed by atoms with Crippen molar-refractivity contribution in [3.05, 3.63) is 0 Å². The number of sulfone groups is 1. The van der Waals surface area contributed by atoms with E-state index in [0.717, 1.165) is 0 Å². The van der Waals surface area contributed by atoms with E-state index < -0.39 is 51.6 Å². The van der Waals surface area contributed by atoms with E-state index in [1.165, 1.54) is 0 Å². The average molecular weight is 257 g/mol. The Morgan fingerprint density at radius 1 is 1.50 bits per heavy atom. The lowest BCUT2D eigenvalue weighted by Gasteiger charge is -2.12. The van der Waals surface area contributed by atoms with Gasteiger partial charge in [-0.2, -0.15) is 0 Å². The third kappa shape index (κ3) is 2.65. The van der Waals surface area contributed by atoms with Crippen LogP contribution >= 0.6 is 0 Å². The third-order valence-corrected chi connectivity index (χ3v) is 4.25. The van der Waals surface area contributed by atoms with Gasteiger partial charge in [0.15, 0.2) is 9.84 Å². The zero-order chi connectivity index (χ0) is 12.5. The van der Waals surface area contributed by atoms with Gasteiger partial charge in [0, 0.05) is 6.42 Å². The summed E-state index contributed by atoms with van der Waals surface area (Å²) in [5.74, 6) is -3.58. The van der Waals surface area contributed by atoms with E-state index in [1.54, 1.807) is 0 Å². The number of aliphatic carboxylic acids is 1. The van der Waals surface area contributed by atoms with Crippen molar-refractivity contribution in [1.29, 1.82) is 0 Å². The van der Waals surface area contributed by atoms with E-state index in [2.05, 4.69) is 0 Å². The van der Waals surface area contributed by atoms with E-state index in [1.807, 2.05) is 5.32 Å². The molecule has 1 heterocycles. The van der Waals surface area contributed by atoms with E-state index in [0.29, 0.717) is 0 Å². The minimum absolute atomic E-state index is 0.913. The van der Waals surface area contributed by atoms with Crippen molar-refractivity contribution < 1.29 is 31.9 Å². The number of nitrogens with one attached hydrogen (secondary N) is 1. The van der Waals surface area contributed by atoms with Gasteiger partial charge in [-0.3, -0.25) is 4.79 Å². The predicted octanol–water partition coefficient (Wildman–Crippen LogP) is -0.992. The second-order valence-corrected chi connectivity index (χ2v) is 5.63. The number of hydrogen-bond donors (Lipinski definition) is 2. The Labute approximate surface area is 89.5 Å². The third-order valence-electron chi connectivity index (χ3n) is 2.16. The van der Waals surface area contributed by atoms with Crippen molar-refractivity contribution in [3.8, 4) is 0 Å². The van der Waals surface area contributed by atoms with Crippen LogP contribution in [-0.2, 0) is 19.4 Å². The number of rotatable bonds is 2. The molecule has 1 aliphatic rings. The first kappa shape index (κ1) is 12.8. The van der Waals surface area contributed by atoms with Crippen molar-refractivity contribution in [2.45, 2.75) is 24.1 Å². The molecule has 1 aliphatic heterocycles. The molecule has 0 aromatic rings. The maximum Gasteiger partial charge on any atom is 0.327 e. The molecule has 16 heavy (non-hydrogen) atoms. The molecule has 1 amide bonds.